The molecule has 2 atom stereocenters. The summed E-state index contributed by atoms with van der Waals surface area (Å²) in [5.41, 5.74) is 1.72. The zero-order chi connectivity index (χ0) is 21.6. The average molecular weight is 544 g/mol. The van der Waals surface area contributed by atoms with Crippen molar-refractivity contribution in [3.8, 4) is 11.5 Å². The number of oxazole rings is 1. The number of halogens is 2. The zero-order valence-corrected chi connectivity index (χ0v) is 21.1. The van der Waals surface area contributed by atoms with Crippen LogP contribution >= 0.6 is 24.0 Å². The molecule has 31 heavy (non-hydrogen) atoms. The number of aromatic nitrogens is 1. The lowest BCUT2D eigenvalue weighted by atomic mass is 9.78. The maximum absolute atomic E-state index is 13.1. The highest BCUT2D eigenvalue weighted by molar-refractivity contribution is 14.0. The number of rotatable bonds is 6. The summed E-state index contributed by atoms with van der Waals surface area (Å²) in [6.07, 6.45) is 4.86. The maximum atomic E-state index is 13.1. The Kier molecular flexibility index (Phi) is 9.74. The summed E-state index contributed by atoms with van der Waals surface area (Å²) in [4.78, 5) is 8.81. The van der Waals surface area contributed by atoms with E-state index in [1.54, 1.807) is 25.4 Å². The second-order valence-corrected chi connectivity index (χ2v) is 8.84. The third kappa shape index (κ3) is 7.45. The van der Waals surface area contributed by atoms with E-state index in [0.717, 1.165) is 43.2 Å². The molecule has 1 fully saturated rings. The van der Waals surface area contributed by atoms with Crippen LogP contribution in [0.4, 0.5) is 4.39 Å². The van der Waals surface area contributed by atoms with E-state index < -0.39 is 0 Å². The molecule has 2 aromatic rings. The van der Waals surface area contributed by atoms with Crippen molar-refractivity contribution in [3.63, 3.8) is 0 Å². The van der Waals surface area contributed by atoms with Crippen molar-refractivity contribution in [2.24, 2.45) is 16.3 Å². The number of hydrogen-bond donors (Lipinski definition) is 2. The van der Waals surface area contributed by atoms with Gasteiger partial charge in [-0.2, -0.15) is 0 Å². The SMILES string of the molecule is CN=C(NCCc1coc(-c2ccc(F)cc2)n1)NCC1CCCOC1C(C)(C)C.I. The highest BCUT2D eigenvalue weighted by atomic mass is 127. The van der Waals surface area contributed by atoms with Gasteiger partial charge in [0.25, 0.3) is 0 Å². The van der Waals surface area contributed by atoms with E-state index in [-0.39, 0.29) is 41.3 Å². The molecule has 1 aromatic carbocycles. The predicted molar refractivity (Wildman–Crippen MR) is 132 cm³/mol. The molecule has 0 radical (unpaired) electrons. The summed E-state index contributed by atoms with van der Waals surface area (Å²) in [6.45, 7) is 9.08. The first-order valence-corrected chi connectivity index (χ1v) is 10.6. The van der Waals surface area contributed by atoms with Crippen molar-refractivity contribution in [2.75, 3.05) is 26.7 Å². The van der Waals surface area contributed by atoms with Crippen molar-refractivity contribution in [1.29, 1.82) is 0 Å². The Morgan fingerprint density at radius 1 is 1.23 bits per heavy atom. The van der Waals surface area contributed by atoms with Gasteiger partial charge in [-0.15, -0.1) is 24.0 Å². The van der Waals surface area contributed by atoms with Crippen molar-refractivity contribution in [1.82, 2.24) is 15.6 Å². The van der Waals surface area contributed by atoms with Crippen molar-refractivity contribution >= 4 is 29.9 Å². The van der Waals surface area contributed by atoms with Gasteiger partial charge in [-0.3, -0.25) is 4.99 Å². The molecule has 0 saturated carbocycles. The first-order chi connectivity index (χ1) is 14.4. The van der Waals surface area contributed by atoms with E-state index in [1.807, 2.05) is 0 Å². The van der Waals surface area contributed by atoms with Crippen molar-refractivity contribution < 1.29 is 13.5 Å². The smallest absolute Gasteiger partial charge is 0.226 e. The van der Waals surface area contributed by atoms with Crippen LogP contribution in [0.5, 0.6) is 0 Å². The van der Waals surface area contributed by atoms with E-state index in [2.05, 4.69) is 41.4 Å². The minimum atomic E-state index is -0.276. The Hall–Kier alpha value is -1.68. The number of benzene rings is 1. The summed E-state index contributed by atoms with van der Waals surface area (Å²) in [5, 5.41) is 6.78. The molecule has 1 aliphatic heterocycles. The Morgan fingerprint density at radius 2 is 1.97 bits per heavy atom. The Balaban J connectivity index is 0.00000341. The first-order valence-electron chi connectivity index (χ1n) is 10.6. The van der Waals surface area contributed by atoms with Gasteiger partial charge in [0.15, 0.2) is 5.96 Å². The van der Waals surface area contributed by atoms with Gasteiger partial charge in [0.1, 0.15) is 12.1 Å². The van der Waals surface area contributed by atoms with Crippen LogP contribution in [0.3, 0.4) is 0 Å². The monoisotopic (exact) mass is 544 g/mol. The summed E-state index contributed by atoms with van der Waals surface area (Å²) < 4.78 is 24.7. The Bertz CT molecular complexity index is 833. The van der Waals surface area contributed by atoms with Crippen LogP contribution < -0.4 is 10.6 Å². The third-order valence-electron chi connectivity index (χ3n) is 5.37. The normalized spacial score (nSPS) is 19.6. The van der Waals surface area contributed by atoms with Gasteiger partial charge in [0, 0.05) is 44.6 Å². The fourth-order valence-corrected chi connectivity index (χ4v) is 3.91. The van der Waals surface area contributed by atoms with E-state index in [1.165, 1.54) is 12.1 Å². The van der Waals surface area contributed by atoms with Crippen LogP contribution in [0, 0.1) is 17.2 Å². The molecule has 1 saturated heterocycles. The van der Waals surface area contributed by atoms with Crippen LogP contribution in [0.2, 0.25) is 0 Å². The lowest BCUT2D eigenvalue weighted by Crippen LogP contribution is -2.47. The van der Waals surface area contributed by atoms with Crippen LogP contribution in [-0.4, -0.2) is 43.8 Å². The fraction of sp³-hybridized carbons (Fsp3) is 0.565. The van der Waals surface area contributed by atoms with Crippen LogP contribution in [0.1, 0.15) is 39.3 Å². The van der Waals surface area contributed by atoms with Crippen LogP contribution in [-0.2, 0) is 11.2 Å². The van der Waals surface area contributed by atoms with E-state index in [0.29, 0.717) is 24.8 Å². The second kappa shape index (κ2) is 11.8. The molecule has 172 valence electrons. The molecule has 1 aliphatic rings. The summed E-state index contributed by atoms with van der Waals surface area (Å²) in [6, 6.07) is 6.12. The van der Waals surface area contributed by atoms with Crippen molar-refractivity contribution in [2.45, 2.75) is 46.1 Å². The van der Waals surface area contributed by atoms with Gasteiger partial charge >= 0.3 is 0 Å². The van der Waals surface area contributed by atoms with E-state index >= 15 is 0 Å². The van der Waals surface area contributed by atoms with Crippen LogP contribution in [0.15, 0.2) is 39.9 Å². The highest BCUT2D eigenvalue weighted by Crippen LogP contribution is 2.33. The minimum Gasteiger partial charge on any atom is -0.444 e. The van der Waals surface area contributed by atoms with Gasteiger partial charge in [-0.25, -0.2) is 9.37 Å². The van der Waals surface area contributed by atoms with Gasteiger partial charge in [-0.1, -0.05) is 20.8 Å². The van der Waals surface area contributed by atoms with Gasteiger partial charge in [0.2, 0.25) is 5.89 Å². The molecule has 2 N–H and O–H groups in total. The van der Waals surface area contributed by atoms with E-state index in [4.69, 9.17) is 9.15 Å². The lowest BCUT2D eigenvalue weighted by Gasteiger charge is -2.40. The molecule has 0 bridgehead atoms. The maximum Gasteiger partial charge on any atom is 0.226 e. The minimum absolute atomic E-state index is 0. The fourth-order valence-electron chi connectivity index (χ4n) is 3.91. The number of ether oxygens (including phenoxy) is 1. The molecule has 0 spiro atoms. The third-order valence-corrected chi connectivity index (χ3v) is 5.37. The largest absolute Gasteiger partial charge is 0.444 e. The van der Waals surface area contributed by atoms with Crippen LogP contribution in [0.25, 0.3) is 11.5 Å². The molecular formula is C23H34FIN4O2. The topological polar surface area (TPSA) is 71.7 Å². The molecule has 2 unspecified atom stereocenters. The number of nitrogens with one attached hydrogen (secondary N) is 2. The second-order valence-electron chi connectivity index (χ2n) is 8.84. The number of nitrogens with zero attached hydrogens (tertiary/aromatic N) is 2. The van der Waals surface area contributed by atoms with Gasteiger partial charge in [-0.05, 0) is 42.5 Å². The Morgan fingerprint density at radius 3 is 2.65 bits per heavy atom. The molecule has 6 nitrogen and oxygen atoms in total. The summed E-state index contributed by atoms with van der Waals surface area (Å²) in [7, 11) is 1.77. The average Bonchev–Trinajstić information content (AvgIpc) is 3.19. The van der Waals surface area contributed by atoms with Gasteiger partial charge in [0.05, 0.1) is 11.8 Å². The molecule has 8 heteroatoms. The number of guanidine groups is 1. The zero-order valence-electron chi connectivity index (χ0n) is 18.8. The molecule has 0 aliphatic carbocycles. The quantitative estimate of drug-likeness (QED) is 0.315. The molecule has 3 rings (SSSR count). The Labute approximate surface area is 201 Å². The standard InChI is InChI=1S/C23H33FN4O2.HI/c1-23(2,3)20-17(6-5-13-29-20)14-27-22(25-4)26-12-11-19-15-30-21(28-19)16-7-9-18(24)10-8-16;/h7-10,15,17,20H,5-6,11-14H2,1-4H3,(H2,25,26,27);1H. The molecule has 1 aromatic heterocycles. The summed E-state index contributed by atoms with van der Waals surface area (Å²) in [5.74, 6) is 1.46. The first kappa shape index (κ1) is 25.6. The number of hydrogen-bond acceptors (Lipinski definition) is 4. The summed E-state index contributed by atoms with van der Waals surface area (Å²) >= 11 is 0. The molecule has 0 amide bonds. The lowest BCUT2D eigenvalue weighted by molar-refractivity contribution is -0.0835. The van der Waals surface area contributed by atoms with Crippen molar-refractivity contribution in [3.05, 3.63) is 42.0 Å². The van der Waals surface area contributed by atoms with Gasteiger partial charge < -0.3 is 19.8 Å². The number of aliphatic imine (C=N–C) groups is 1. The molecule has 2 heterocycles. The van der Waals surface area contributed by atoms with E-state index in [9.17, 15) is 4.39 Å². The predicted octanol–water partition coefficient (Wildman–Crippen LogP) is 4.65. The highest BCUT2D eigenvalue weighted by Gasteiger charge is 2.35. The molecular weight excluding hydrogens is 510 g/mol.